The molecule has 0 rings (SSSR count). The summed E-state index contributed by atoms with van der Waals surface area (Å²) in [7, 11) is -5.69. The molecule has 1 amide bonds. The third-order valence-electron chi connectivity index (χ3n) is 0.921. The van der Waals surface area contributed by atoms with Crippen molar-refractivity contribution >= 4 is 35.0 Å². The van der Waals surface area contributed by atoms with Crippen LogP contribution in [0, 0.1) is 0 Å². The van der Waals surface area contributed by atoms with Crippen molar-refractivity contribution in [2.75, 3.05) is 0 Å². The summed E-state index contributed by atoms with van der Waals surface area (Å²) in [5.41, 5.74) is -6.62. The molecule has 0 heterocycles. The second-order valence-corrected chi connectivity index (χ2v) is 5.23. The van der Waals surface area contributed by atoms with Crippen LogP contribution in [0.3, 0.4) is 0 Å². The van der Waals surface area contributed by atoms with Crippen LogP contribution in [0.1, 0.15) is 20.8 Å². The van der Waals surface area contributed by atoms with Crippen LogP contribution < -0.4 is 4.72 Å². The van der Waals surface area contributed by atoms with E-state index in [9.17, 15) is 26.4 Å². The molecule has 0 radical (unpaired) electrons. The van der Waals surface area contributed by atoms with E-state index in [1.54, 1.807) is 0 Å². The Bertz CT molecular complexity index is 346. The van der Waals surface area contributed by atoms with Gasteiger partial charge in [0.25, 0.3) is 0 Å². The monoisotopic (exact) mass is 257 g/mol. The number of nitrogens with one attached hydrogen (secondary N) is 1. The summed E-state index contributed by atoms with van der Waals surface area (Å²) in [5.74, 6) is 0. The Kier molecular flexibility index (Phi) is 5.95. The number of ether oxygens (including phenoxy) is 1. The minimum atomic E-state index is -5.69. The van der Waals surface area contributed by atoms with Crippen LogP contribution in [0.15, 0.2) is 0 Å². The van der Waals surface area contributed by atoms with Crippen molar-refractivity contribution in [3.05, 3.63) is 0 Å². The quantitative estimate of drug-likeness (QED) is 0.702. The average molecular weight is 257 g/mol. The van der Waals surface area contributed by atoms with Crippen molar-refractivity contribution in [1.29, 1.82) is 0 Å². The number of halogens is 3. The van der Waals surface area contributed by atoms with Gasteiger partial charge in [0.15, 0.2) is 0 Å². The van der Waals surface area contributed by atoms with Gasteiger partial charge in [-0.05, 0) is 20.8 Å². The third kappa shape index (κ3) is 6.25. The molecule has 1 N–H and O–H groups in total. The maximum atomic E-state index is 11.8. The molecule has 0 bridgehead atoms. The molecular formula is C6H11F3LiNO4S. The van der Waals surface area contributed by atoms with E-state index in [2.05, 4.69) is 4.74 Å². The van der Waals surface area contributed by atoms with Gasteiger partial charge in [-0.1, -0.05) is 0 Å². The first kappa shape index (κ1) is 18.0. The molecule has 0 aromatic carbocycles. The molecule has 16 heavy (non-hydrogen) atoms. The van der Waals surface area contributed by atoms with Crippen LogP contribution in [0.4, 0.5) is 18.0 Å². The van der Waals surface area contributed by atoms with E-state index in [1.165, 1.54) is 20.8 Å². The number of alkyl halides is 3. The third-order valence-corrected chi connectivity index (χ3v) is 1.97. The molecule has 0 aliphatic carbocycles. The number of hydrogen-bond donors (Lipinski definition) is 1. The zero-order chi connectivity index (χ0) is 12.5. The van der Waals surface area contributed by atoms with E-state index in [0.29, 0.717) is 0 Å². The van der Waals surface area contributed by atoms with E-state index >= 15 is 0 Å². The predicted molar refractivity (Wildman–Crippen MR) is 51.5 cm³/mol. The van der Waals surface area contributed by atoms with Crippen LogP contribution in [-0.4, -0.2) is 44.5 Å². The summed E-state index contributed by atoms with van der Waals surface area (Å²) in [6.07, 6.45) is -1.67. The van der Waals surface area contributed by atoms with Crippen molar-refractivity contribution in [3.8, 4) is 0 Å². The molecule has 0 fully saturated rings. The topological polar surface area (TPSA) is 72.5 Å². The molecule has 0 aliphatic heterocycles. The Labute approximate surface area is 103 Å². The van der Waals surface area contributed by atoms with Crippen LogP contribution in [0.5, 0.6) is 0 Å². The molecule has 10 heteroatoms. The Balaban J connectivity index is 0. The summed E-state index contributed by atoms with van der Waals surface area (Å²) in [6, 6.07) is 0. The van der Waals surface area contributed by atoms with Gasteiger partial charge in [0, 0.05) is 0 Å². The van der Waals surface area contributed by atoms with Gasteiger partial charge >= 0.3 is 40.5 Å². The molecule has 0 aromatic rings. The molecule has 0 saturated heterocycles. The molecule has 0 unspecified atom stereocenters. The van der Waals surface area contributed by atoms with E-state index in [0.717, 1.165) is 4.72 Å². The fraction of sp³-hybridized carbons (Fsp3) is 0.833. The van der Waals surface area contributed by atoms with E-state index < -0.39 is 27.2 Å². The molecule has 0 spiro atoms. The number of amides is 1. The summed E-state index contributed by atoms with van der Waals surface area (Å²) in [5, 5.41) is 0. The van der Waals surface area contributed by atoms with E-state index in [4.69, 9.17) is 0 Å². The van der Waals surface area contributed by atoms with Crippen LogP contribution in [-0.2, 0) is 14.8 Å². The standard InChI is InChI=1S/C6H10F3NO4S.Li.H/c1-5(2,3)14-4(11)10-15(12,13)6(7,8)9;;/h1-3H3,(H,10,11);;. The Hall–Kier alpha value is -0.393. The molecule has 0 saturated carbocycles. The molecule has 92 valence electrons. The Morgan fingerprint density at radius 2 is 1.56 bits per heavy atom. The van der Waals surface area contributed by atoms with Crippen molar-refractivity contribution in [1.82, 2.24) is 4.72 Å². The molecule has 0 atom stereocenters. The fourth-order valence-electron chi connectivity index (χ4n) is 0.466. The number of sulfonamides is 1. The average Bonchev–Trinajstić information content (AvgIpc) is 1.75. The van der Waals surface area contributed by atoms with Crippen molar-refractivity contribution < 1.29 is 31.1 Å². The van der Waals surface area contributed by atoms with Gasteiger partial charge in [-0.15, -0.1) is 0 Å². The van der Waals surface area contributed by atoms with Gasteiger partial charge in [-0.3, -0.25) is 0 Å². The summed E-state index contributed by atoms with van der Waals surface area (Å²) in [4.78, 5) is 10.7. The summed E-state index contributed by atoms with van der Waals surface area (Å²) >= 11 is 0. The first-order valence-corrected chi connectivity index (χ1v) is 5.15. The van der Waals surface area contributed by atoms with Crippen LogP contribution in [0.25, 0.3) is 0 Å². The van der Waals surface area contributed by atoms with Gasteiger partial charge in [-0.2, -0.15) is 21.6 Å². The second-order valence-electron chi connectivity index (χ2n) is 3.55. The number of carbonyl (C=O) groups excluding carboxylic acids is 1. The Morgan fingerprint density at radius 3 is 1.81 bits per heavy atom. The number of hydrogen-bond acceptors (Lipinski definition) is 4. The predicted octanol–water partition coefficient (Wildman–Crippen LogP) is 0.712. The number of rotatable bonds is 1. The zero-order valence-electron chi connectivity index (χ0n) is 8.18. The number of carbonyl (C=O) groups is 1. The summed E-state index contributed by atoms with van der Waals surface area (Å²) in [6.45, 7) is 4.15. The molecule has 5 nitrogen and oxygen atoms in total. The molecular weight excluding hydrogens is 246 g/mol. The fourth-order valence-corrected chi connectivity index (χ4v) is 0.843. The first-order chi connectivity index (χ1) is 6.35. The van der Waals surface area contributed by atoms with Crippen molar-refractivity contribution in [2.45, 2.75) is 31.9 Å². The second kappa shape index (κ2) is 5.29. The molecule has 0 aliphatic rings. The van der Waals surface area contributed by atoms with Crippen molar-refractivity contribution in [3.63, 3.8) is 0 Å². The van der Waals surface area contributed by atoms with E-state index in [1.807, 2.05) is 0 Å². The van der Waals surface area contributed by atoms with Crippen LogP contribution in [0.2, 0.25) is 0 Å². The van der Waals surface area contributed by atoms with Crippen LogP contribution >= 0.6 is 0 Å². The maximum absolute atomic E-state index is 11.8. The van der Waals surface area contributed by atoms with Gasteiger partial charge in [0.2, 0.25) is 0 Å². The van der Waals surface area contributed by atoms with Gasteiger partial charge < -0.3 is 4.74 Å². The minimum absolute atomic E-state index is 0. The van der Waals surface area contributed by atoms with Gasteiger partial charge in [0.05, 0.1) is 0 Å². The first-order valence-electron chi connectivity index (χ1n) is 3.67. The van der Waals surface area contributed by atoms with Crippen molar-refractivity contribution in [2.24, 2.45) is 0 Å². The molecule has 0 aromatic heterocycles. The summed E-state index contributed by atoms with van der Waals surface area (Å²) < 4.78 is 61.2. The van der Waals surface area contributed by atoms with Gasteiger partial charge in [-0.25, -0.2) is 9.52 Å². The van der Waals surface area contributed by atoms with Gasteiger partial charge in [0.1, 0.15) is 5.60 Å². The zero-order valence-corrected chi connectivity index (χ0v) is 8.99. The van der Waals surface area contributed by atoms with E-state index in [-0.39, 0.29) is 18.9 Å². The SMILES string of the molecule is CC(C)(C)OC(=O)NS(=O)(=O)C(F)(F)F.[LiH]. The Morgan fingerprint density at radius 1 is 1.19 bits per heavy atom. The normalized spacial score (nSPS) is 12.6.